The first-order valence-electron chi connectivity index (χ1n) is 3.52. The van der Waals surface area contributed by atoms with Gasteiger partial charge in [-0.05, 0) is 0 Å². The third-order valence-corrected chi connectivity index (χ3v) is 1.42. The SMILES string of the molecule is C[CH-]C(=O)ON1C(=O)CCC1=O.[Ta]. The van der Waals surface area contributed by atoms with E-state index in [9.17, 15) is 14.4 Å². The second-order valence-corrected chi connectivity index (χ2v) is 2.28. The number of nitrogens with zero attached hydrogens (tertiary/aromatic N) is 1. The summed E-state index contributed by atoms with van der Waals surface area (Å²) in [5, 5.41) is 0.516. The molecule has 0 aromatic carbocycles. The predicted molar refractivity (Wildman–Crippen MR) is 37.2 cm³/mol. The molecule has 0 aromatic rings. The summed E-state index contributed by atoms with van der Waals surface area (Å²) >= 11 is 0. The molecule has 6 heteroatoms. The van der Waals surface area contributed by atoms with Gasteiger partial charge in [0, 0.05) is 35.2 Å². The van der Waals surface area contributed by atoms with Crippen LogP contribution in [0.25, 0.3) is 0 Å². The first-order chi connectivity index (χ1) is 5.65. The maximum Gasteiger partial charge on any atom is 0.263 e. The maximum atomic E-state index is 10.9. The molecule has 0 aromatic heterocycles. The van der Waals surface area contributed by atoms with Crippen LogP contribution in [0.2, 0.25) is 0 Å². The van der Waals surface area contributed by atoms with E-state index in [2.05, 4.69) is 4.84 Å². The Morgan fingerprint density at radius 1 is 1.38 bits per heavy atom. The largest absolute Gasteiger partial charge is 0.364 e. The van der Waals surface area contributed by atoms with Gasteiger partial charge in [-0.25, -0.2) is 0 Å². The molecule has 71 valence electrons. The van der Waals surface area contributed by atoms with Crippen LogP contribution >= 0.6 is 0 Å². The van der Waals surface area contributed by atoms with Crippen molar-refractivity contribution >= 4 is 17.8 Å². The van der Waals surface area contributed by atoms with E-state index in [1.54, 1.807) is 0 Å². The van der Waals surface area contributed by atoms with E-state index in [0.717, 1.165) is 6.42 Å². The third kappa shape index (κ3) is 2.87. The van der Waals surface area contributed by atoms with E-state index in [0.29, 0.717) is 5.06 Å². The van der Waals surface area contributed by atoms with E-state index in [-0.39, 0.29) is 35.2 Å². The van der Waals surface area contributed by atoms with Crippen LogP contribution in [0.15, 0.2) is 0 Å². The van der Waals surface area contributed by atoms with Crippen molar-refractivity contribution in [3.8, 4) is 0 Å². The summed E-state index contributed by atoms with van der Waals surface area (Å²) in [4.78, 5) is 36.8. The number of hydrogen-bond acceptors (Lipinski definition) is 4. The fourth-order valence-corrected chi connectivity index (χ4v) is 0.801. The molecule has 2 amide bonds. The van der Waals surface area contributed by atoms with E-state index in [4.69, 9.17) is 0 Å². The van der Waals surface area contributed by atoms with Gasteiger partial charge in [-0.1, -0.05) is 0 Å². The van der Waals surface area contributed by atoms with Crippen molar-refractivity contribution in [2.75, 3.05) is 0 Å². The van der Waals surface area contributed by atoms with Crippen molar-refractivity contribution in [2.24, 2.45) is 0 Å². The van der Waals surface area contributed by atoms with Gasteiger partial charge in [-0.2, -0.15) is 6.92 Å². The van der Waals surface area contributed by atoms with Crippen molar-refractivity contribution in [3.63, 3.8) is 0 Å². The van der Waals surface area contributed by atoms with Crippen LogP contribution in [0.1, 0.15) is 19.8 Å². The molecular formula is C7H8NO4Ta-. The van der Waals surface area contributed by atoms with Gasteiger partial charge < -0.3 is 4.84 Å². The monoisotopic (exact) mass is 351 g/mol. The summed E-state index contributed by atoms with van der Waals surface area (Å²) in [5.74, 6) is -1.62. The molecule has 1 radical (unpaired) electrons. The zero-order valence-electron chi connectivity index (χ0n) is 7.02. The number of hydroxylamine groups is 2. The second-order valence-electron chi connectivity index (χ2n) is 2.28. The van der Waals surface area contributed by atoms with Crippen LogP contribution in [0.4, 0.5) is 0 Å². The van der Waals surface area contributed by atoms with Gasteiger partial charge in [-0.15, -0.1) is 5.06 Å². The van der Waals surface area contributed by atoms with Gasteiger partial charge in [0.25, 0.3) is 11.8 Å². The molecule has 1 rings (SSSR count). The molecule has 0 unspecified atom stereocenters. The Balaban J connectivity index is 0.00000144. The molecular weight excluding hydrogens is 343 g/mol. The number of imide groups is 1. The molecule has 13 heavy (non-hydrogen) atoms. The van der Waals surface area contributed by atoms with Crippen LogP contribution < -0.4 is 0 Å². The van der Waals surface area contributed by atoms with Crippen LogP contribution in [0.5, 0.6) is 0 Å². The van der Waals surface area contributed by atoms with Gasteiger partial charge >= 0.3 is 0 Å². The van der Waals surface area contributed by atoms with Crippen LogP contribution in [-0.2, 0) is 41.6 Å². The maximum absolute atomic E-state index is 10.9. The molecule has 0 saturated carbocycles. The Labute approximate surface area is 90.9 Å². The summed E-state index contributed by atoms with van der Waals surface area (Å²) in [6, 6.07) is 0. The minimum absolute atomic E-state index is 0. The minimum Gasteiger partial charge on any atom is -0.364 e. The minimum atomic E-state index is -0.696. The average molecular weight is 351 g/mol. The van der Waals surface area contributed by atoms with Gasteiger partial charge in [0.2, 0.25) is 5.97 Å². The van der Waals surface area contributed by atoms with E-state index < -0.39 is 17.8 Å². The van der Waals surface area contributed by atoms with E-state index in [1.807, 2.05) is 0 Å². The molecule has 0 N–H and O–H groups in total. The topological polar surface area (TPSA) is 63.7 Å². The zero-order chi connectivity index (χ0) is 9.14. The van der Waals surface area contributed by atoms with E-state index in [1.165, 1.54) is 6.92 Å². The Bertz CT molecular complexity index is 225. The quantitative estimate of drug-likeness (QED) is 0.511. The third-order valence-electron chi connectivity index (χ3n) is 1.42. The number of amides is 2. The Morgan fingerprint density at radius 2 is 1.85 bits per heavy atom. The molecule has 1 heterocycles. The molecule has 1 saturated heterocycles. The Hall–Kier alpha value is -0.780. The normalized spacial score (nSPS) is 15.3. The van der Waals surface area contributed by atoms with Crippen molar-refractivity contribution in [1.29, 1.82) is 0 Å². The van der Waals surface area contributed by atoms with Crippen molar-refractivity contribution in [2.45, 2.75) is 19.8 Å². The summed E-state index contributed by atoms with van der Waals surface area (Å²) in [5.41, 5.74) is 0. The van der Waals surface area contributed by atoms with Gasteiger partial charge in [0.05, 0.1) is 0 Å². The molecule has 1 fully saturated rings. The molecule has 0 bridgehead atoms. The van der Waals surface area contributed by atoms with Crippen molar-refractivity contribution < 1.29 is 41.6 Å². The summed E-state index contributed by atoms with van der Waals surface area (Å²) < 4.78 is 0. The van der Waals surface area contributed by atoms with Gasteiger partial charge in [0.15, 0.2) is 0 Å². The van der Waals surface area contributed by atoms with Gasteiger partial charge in [0.1, 0.15) is 0 Å². The number of carbonyl (C=O) groups excluding carboxylic acids is 3. The second kappa shape index (κ2) is 5.06. The number of rotatable bonds is 2. The molecule has 1 aliphatic rings. The number of hydrogen-bond donors (Lipinski definition) is 0. The molecule has 1 aliphatic heterocycles. The van der Waals surface area contributed by atoms with E-state index >= 15 is 0 Å². The molecule has 0 atom stereocenters. The van der Waals surface area contributed by atoms with Crippen molar-refractivity contribution in [1.82, 2.24) is 5.06 Å². The number of carbonyl (C=O) groups is 3. The standard InChI is InChI=1S/C7H8NO4.Ta/c1-2-7(11)12-8-5(9)3-4-6(8)10;/h2H,3-4H2,1H3;/q-1;. The summed E-state index contributed by atoms with van der Waals surface area (Å²) in [7, 11) is 0. The summed E-state index contributed by atoms with van der Waals surface area (Å²) in [6.07, 6.45) is 1.38. The Kier molecular flexibility index (Phi) is 4.76. The smallest absolute Gasteiger partial charge is 0.263 e. The summed E-state index contributed by atoms with van der Waals surface area (Å²) in [6.45, 7) is 1.47. The first kappa shape index (κ1) is 12.2. The first-order valence-corrected chi connectivity index (χ1v) is 3.52. The molecule has 0 spiro atoms. The zero-order valence-corrected chi connectivity index (χ0v) is 10.2. The average Bonchev–Trinajstić information content (AvgIpc) is 2.35. The molecule has 0 aliphatic carbocycles. The van der Waals surface area contributed by atoms with Crippen LogP contribution in [0.3, 0.4) is 0 Å². The fraction of sp³-hybridized carbons (Fsp3) is 0.429. The fourth-order valence-electron chi connectivity index (χ4n) is 0.801. The predicted octanol–water partition coefficient (Wildman–Crippen LogP) is -0.185. The van der Waals surface area contributed by atoms with Crippen molar-refractivity contribution in [3.05, 3.63) is 6.42 Å². The van der Waals surface area contributed by atoms with Crippen LogP contribution in [0, 0.1) is 6.42 Å². The Morgan fingerprint density at radius 3 is 2.23 bits per heavy atom. The van der Waals surface area contributed by atoms with Gasteiger partial charge in [-0.3, -0.25) is 20.8 Å². The van der Waals surface area contributed by atoms with Crippen LogP contribution in [-0.4, -0.2) is 22.8 Å². The molecule has 5 nitrogen and oxygen atoms in total.